The van der Waals surface area contributed by atoms with Crippen LogP contribution in [-0.2, 0) is 4.74 Å². The van der Waals surface area contributed by atoms with E-state index in [2.05, 4.69) is 26.9 Å². The second kappa shape index (κ2) is 5.48. The monoisotopic (exact) mass is 286 g/mol. The van der Waals surface area contributed by atoms with Gasteiger partial charge in [-0.25, -0.2) is 0 Å². The van der Waals surface area contributed by atoms with E-state index < -0.39 is 0 Å². The number of nitrogens with zero attached hydrogens (tertiary/aromatic N) is 2. The lowest BCUT2D eigenvalue weighted by Crippen LogP contribution is -2.47. The number of halogens is 1. The van der Waals surface area contributed by atoms with E-state index in [1.165, 1.54) is 25.7 Å². The average Bonchev–Trinajstić information content (AvgIpc) is 2.78. The van der Waals surface area contributed by atoms with Crippen LogP contribution < -0.4 is 0 Å². The van der Waals surface area contributed by atoms with Gasteiger partial charge in [-0.1, -0.05) is 28.8 Å². The molecule has 3 nitrogen and oxygen atoms in total. The Bertz CT molecular complexity index is 271. The van der Waals surface area contributed by atoms with Gasteiger partial charge in [-0.3, -0.25) is 4.90 Å². The molecule has 4 heteroatoms. The van der Waals surface area contributed by atoms with Crippen molar-refractivity contribution in [3.63, 3.8) is 0 Å². The highest BCUT2D eigenvalue weighted by molar-refractivity contribution is 9.09. The summed E-state index contributed by atoms with van der Waals surface area (Å²) in [4.78, 5) is 2.41. The molecule has 2 rings (SSSR count). The molecular formula is C12H19BrN2O. The lowest BCUT2D eigenvalue weighted by molar-refractivity contribution is -0.0126. The number of hydrogen-bond donors (Lipinski definition) is 0. The number of alkyl halides is 1. The molecule has 2 fully saturated rings. The number of morpholine rings is 1. The third-order valence-corrected chi connectivity index (χ3v) is 4.99. The standard InChI is InChI=1S/C12H19BrN2O/c13-9-12(3-1-2-4-12)10-15-5-6-16-11(7-14)8-15/h11H,1-6,8-10H2. The van der Waals surface area contributed by atoms with E-state index >= 15 is 0 Å². The highest BCUT2D eigenvalue weighted by Crippen LogP contribution is 2.40. The molecule has 1 aliphatic heterocycles. The summed E-state index contributed by atoms with van der Waals surface area (Å²) in [5.74, 6) is 0. The van der Waals surface area contributed by atoms with Crippen molar-refractivity contribution in [3.05, 3.63) is 0 Å². The van der Waals surface area contributed by atoms with E-state index in [4.69, 9.17) is 10.00 Å². The van der Waals surface area contributed by atoms with Crippen molar-refractivity contribution in [2.75, 3.05) is 31.6 Å². The fraction of sp³-hybridized carbons (Fsp3) is 0.917. The van der Waals surface area contributed by atoms with Crippen LogP contribution in [0.5, 0.6) is 0 Å². The minimum Gasteiger partial charge on any atom is -0.361 e. The molecule has 90 valence electrons. The summed E-state index contributed by atoms with van der Waals surface area (Å²) < 4.78 is 5.37. The smallest absolute Gasteiger partial charge is 0.156 e. The van der Waals surface area contributed by atoms with Crippen molar-refractivity contribution in [1.29, 1.82) is 5.26 Å². The van der Waals surface area contributed by atoms with Crippen LogP contribution in [0, 0.1) is 16.7 Å². The SMILES string of the molecule is N#CC1CN(CC2(CBr)CCCC2)CCO1. The van der Waals surface area contributed by atoms with E-state index in [1.54, 1.807) is 0 Å². The second-order valence-corrected chi connectivity index (χ2v) is 5.63. The highest BCUT2D eigenvalue weighted by Gasteiger charge is 2.35. The molecule has 1 saturated heterocycles. The Balaban J connectivity index is 1.90. The Labute approximate surface area is 106 Å². The molecule has 0 radical (unpaired) electrons. The molecule has 16 heavy (non-hydrogen) atoms. The lowest BCUT2D eigenvalue weighted by atomic mass is 9.88. The normalized spacial score (nSPS) is 30.1. The zero-order valence-electron chi connectivity index (χ0n) is 9.62. The van der Waals surface area contributed by atoms with Gasteiger partial charge in [-0.05, 0) is 18.3 Å². The Kier molecular flexibility index (Phi) is 4.23. The molecule has 0 bridgehead atoms. The van der Waals surface area contributed by atoms with E-state index in [1.807, 2.05) is 0 Å². The fourth-order valence-corrected chi connectivity index (χ4v) is 3.60. The Morgan fingerprint density at radius 3 is 2.81 bits per heavy atom. The number of nitriles is 1. The molecule has 0 aromatic rings. The maximum atomic E-state index is 8.88. The number of ether oxygens (including phenoxy) is 1. The summed E-state index contributed by atoms with van der Waals surface area (Å²) in [6.07, 6.45) is 5.15. The van der Waals surface area contributed by atoms with Gasteiger partial charge in [0.15, 0.2) is 6.10 Å². The molecule has 1 heterocycles. The van der Waals surface area contributed by atoms with Crippen LogP contribution in [0.15, 0.2) is 0 Å². The van der Waals surface area contributed by atoms with Crippen molar-refractivity contribution >= 4 is 15.9 Å². The molecule has 0 aromatic carbocycles. The molecule has 1 unspecified atom stereocenters. The summed E-state index contributed by atoms with van der Waals surface area (Å²) >= 11 is 3.67. The predicted molar refractivity (Wildman–Crippen MR) is 66.5 cm³/mol. The molecule has 1 atom stereocenters. The van der Waals surface area contributed by atoms with Crippen LogP contribution in [0.3, 0.4) is 0 Å². The number of rotatable bonds is 3. The van der Waals surface area contributed by atoms with Crippen molar-refractivity contribution in [1.82, 2.24) is 4.90 Å². The first kappa shape index (κ1) is 12.3. The van der Waals surface area contributed by atoms with Crippen LogP contribution in [0.2, 0.25) is 0 Å². The molecule has 0 amide bonds. The molecular weight excluding hydrogens is 268 g/mol. The van der Waals surface area contributed by atoms with Crippen LogP contribution in [0.4, 0.5) is 0 Å². The van der Waals surface area contributed by atoms with Crippen molar-refractivity contribution in [2.45, 2.75) is 31.8 Å². The average molecular weight is 287 g/mol. The number of hydrogen-bond acceptors (Lipinski definition) is 3. The van der Waals surface area contributed by atoms with Gasteiger partial charge in [0, 0.05) is 25.0 Å². The summed E-state index contributed by atoms with van der Waals surface area (Å²) in [5.41, 5.74) is 0.456. The predicted octanol–water partition coefficient (Wildman–Crippen LogP) is 2.17. The summed E-state index contributed by atoms with van der Waals surface area (Å²) in [6.45, 7) is 3.59. The van der Waals surface area contributed by atoms with Crippen molar-refractivity contribution in [3.8, 4) is 6.07 Å². The summed E-state index contributed by atoms with van der Waals surface area (Å²) in [5, 5.41) is 9.97. The first-order valence-electron chi connectivity index (χ1n) is 6.08. The molecule has 1 saturated carbocycles. The van der Waals surface area contributed by atoms with Gasteiger partial charge < -0.3 is 4.74 Å². The third-order valence-electron chi connectivity index (χ3n) is 3.80. The molecule has 0 N–H and O–H groups in total. The highest BCUT2D eigenvalue weighted by atomic mass is 79.9. The van der Waals surface area contributed by atoms with Crippen LogP contribution >= 0.6 is 15.9 Å². The maximum absolute atomic E-state index is 8.88. The van der Waals surface area contributed by atoms with Gasteiger partial charge in [0.2, 0.25) is 0 Å². The van der Waals surface area contributed by atoms with E-state index in [9.17, 15) is 0 Å². The van der Waals surface area contributed by atoms with Gasteiger partial charge in [-0.2, -0.15) is 5.26 Å². The molecule has 1 aliphatic carbocycles. The van der Waals surface area contributed by atoms with Crippen molar-refractivity contribution in [2.24, 2.45) is 5.41 Å². The van der Waals surface area contributed by atoms with E-state index in [0.29, 0.717) is 12.0 Å². The largest absolute Gasteiger partial charge is 0.361 e. The lowest BCUT2D eigenvalue weighted by Gasteiger charge is -2.37. The maximum Gasteiger partial charge on any atom is 0.156 e. The van der Waals surface area contributed by atoms with Crippen LogP contribution in [0.1, 0.15) is 25.7 Å². The first-order chi connectivity index (χ1) is 7.78. The van der Waals surface area contributed by atoms with E-state index in [-0.39, 0.29) is 6.10 Å². The minimum absolute atomic E-state index is 0.220. The zero-order valence-corrected chi connectivity index (χ0v) is 11.2. The Morgan fingerprint density at radius 2 is 2.19 bits per heavy atom. The van der Waals surface area contributed by atoms with Gasteiger partial charge in [-0.15, -0.1) is 0 Å². The van der Waals surface area contributed by atoms with Gasteiger partial charge >= 0.3 is 0 Å². The van der Waals surface area contributed by atoms with Crippen LogP contribution in [0.25, 0.3) is 0 Å². The summed E-state index contributed by atoms with van der Waals surface area (Å²) in [7, 11) is 0. The van der Waals surface area contributed by atoms with Gasteiger partial charge in [0.1, 0.15) is 0 Å². The fourth-order valence-electron chi connectivity index (χ4n) is 2.86. The Morgan fingerprint density at radius 1 is 1.44 bits per heavy atom. The van der Waals surface area contributed by atoms with Crippen LogP contribution in [-0.4, -0.2) is 42.6 Å². The van der Waals surface area contributed by atoms with Crippen molar-refractivity contribution < 1.29 is 4.74 Å². The second-order valence-electron chi connectivity index (χ2n) is 5.06. The Hall–Kier alpha value is -0.110. The quantitative estimate of drug-likeness (QED) is 0.746. The topological polar surface area (TPSA) is 36.3 Å². The molecule has 2 aliphatic rings. The third kappa shape index (κ3) is 2.77. The van der Waals surface area contributed by atoms with E-state index in [0.717, 1.165) is 25.0 Å². The van der Waals surface area contributed by atoms with Gasteiger partial charge in [0.05, 0.1) is 12.7 Å². The first-order valence-corrected chi connectivity index (χ1v) is 7.20. The minimum atomic E-state index is -0.220. The molecule has 0 aromatic heterocycles. The molecule has 0 spiro atoms. The zero-order chi connectivity index (χ0) is 11.4. The van der Waals surface area contributed by atoms with Gasteiger partial charge in [0.25, 0.3) is 0 Å². The summed E-state index contributed by atoms with van der Waals surface area (Å²) in [6, 6.07) is 2.21.